The zero-order chi connectivity index (χ0) is 14.8. The van der Waals surface area contributed by atoms with Gasteiger partial charge in [0.1, 0.15) is 0 Å². The zero-order valence-corrected chi connectivity index (χ0v) is 11.3. The van der Waals surface area contributed by atoms with Gasteiger partial charge in [-0.15, -0.1) is 0 Å². The SMILES string of the molecule is Cc1ncoc1C(=O)Nc1cccc(NS(N)(=O)=O)c1. The van der Waals surface area contributed by atoms with Crippen LogP contribution in [0.25, 0.3) is 0 Å². The van der Waals surface area contributed by atoms with Crippen LogP contribution in [0.5, 0.6) is 0 Å². The lowest BCUT2D eigenvalue weighted by Crippen LogP contribution is -2.21. The van der Waals surface area contributed by atoms with E-state index in [1.54, 1.807) is 19.1 Å². The van der Waals surface area contributed by atoms with Gasteiger partial charge in [0, 0.05) is 5.69 Å². The number of amides is 1. The Bertz CT molecular complexity index is 738. The Morgan fingerprint density at radius 3 is 2.65 bits per heavy atom. The number of hydrogen-bond acceptors (Lipinski definition) is 5. The van der Waals surface area contributed by atoms with E-state index in [2.05, 4.69) is 15.0 Å². The first-order valence-electron chi connectivity index (χ1n) is 5.47. The van der Waals surface area contributed by atoms with E-state index in [-0.39, 0.29) is 11.4 Å². The molecule has 0 saturated carbocycles. The van der Waals surface area contributed by atoms with Gasteiger partial charge in [-0.05, 0) is 25.1 Å². The van der Waals surface area contributed by atoms with Gasteiger partial charge in [-0.25, -0.2) is 10.1 Å². The lowest BCUT2D eigenvalue weighted by Gasteiger charge is -2.07. The van der Waals surface area contributed by atoms with E-state index >= 15 is 0 Å². The molecule has 106 valence electrons. The second-order valence-electron chi connectivity index (χ2n) is 3.95. The lowest BCUT2D eigenvalue weighted by molar-refractivity contribution is 0.0996. The van der Waals surface area contributed by atoms with Gasteiger partial charge >= 0.3 is 0 Å². The number of nitrogens with zero attached hydrogens (tertiary/aromatic N) is 1. The van der Waals surface area contributed by atoms with Crippen molar-refractivity contribution in [2.24, 2.45) is 5.14 Å². The van der Waals surface area contributed by atoms with Crippen LogP contribution in [0.4, 0.5) is 11.4 Å². The number of nitrogens with two attached hydrogens (primary N) is 1. The van der Waals surface area contributed by atoms with Crippen molar-refractivity contribution in [3.63, 3.8) is 0 Å². The highest BCUT2D eigenvalue weighted by molar-refractivity contribution is 7.90. The molecule has 0 atom stereocenters. The molecule has 0 saturated heterocycles. The second kappa shape index (κ2) is 5.31. The highest BCUT2D eigenvalue weighted by Gasteiger charge is 2.14. The minimum Gasteiger partial charge on any atom is -0.438 e. The standard InChI is InChI=1S/C11H12N4O4S/c1-7-10(19-6-13-7)11(16)14-8-3-2-4-9(5-8)15-20(12,17)18/h2-6,15H,1H3,(H,14,16)(H2,12,17,18). The van der Waals surface area contributed by atoms with Crippen molar-refractivity contribution in [3.8, 4) is 0 Å². The number of carbonyl (C=O) groups is 1. The summed E-state index contributed by atoms with van der Waals surface area (Å²) in [6, 6.07) is 6.09. The van der Waals surface area contributed by atoms with Crippen molar-refractivity contribution >= 4 is 27.5 Å². The molecule has 0 radical (unpaired) electrons. The number of aromatic nitrogens is 1. The van der Waals surface area contributed by atoms with Crippen LogP contribution in [0.1, 0.15) is 16.2 Å². The average molecular weight is 296 g/mol. The zero-order valence-electron chi connectivity index (χ0n) is 10.5. The minimum absolute atomic E-state index is 0.0924. The van der Waals surface area contributed by atoms with Crippen molar-refractivity contribution in [1.29, 1.82) is 0 Å². The Morgan fingerprint density at radius 1 is 1.35 bits per heavy atom. The predicted octanol–water partition coefficient (Wildman–Crippen LogP) is 0.851. The third-order valence-electron chi connectivity index (χ3n) is 2.33. The Hall–Kier alpha value is -2.39. The van der Waals surface area contributed by atoms with Gasteiger partial charge in [0.15, 0.2) is 6.39 Å². The highest BCUT2D eigenvalue weighted by Crippen LogP contribution is 2.17. The van der Waals surface area contributed by atoms with Crippen LogP contribution >= 0.6 is 0 Å². The quantitative estimate of drug-likeness (QED) is 0.770. The van der Waals surface area contributed by atoms with Gasteiger partial charge in [-0.2, -0.15) is 8.42 Å². The smallest absolute Gasteiger partial charge is 0.296 e. The van der Waals surface area contributed by atoms with E-state index in [9.17, 15) is 13.2 Å². The largest absolute Gasteiger partial charge is 0.438 e. The van der Waals surface area contributed by atoms with E-state index < -0.39 is 16.1 Å². The Labute approximate surface area is 115 Å². The van der Waals surface area contributed by atoms with Gasteiger partial charge in [0.05, 0.1) is 11.4 Å². The Morgan fingerprint density at radius 2 is 2.05 bits per heavy atom. The molecule has 0 bridgehead atoms. The summed E-state index contributed by atoms with van der Waals surface area (Å²) in [4.78, 5) is 15.7. The normalized spacial score (nSPS) is 11.1. The van der Waals surface area contributed by atoms with Crippen molar-refractivity contribution in [1.82, 2.24) is 4.98 Å². The van der Waals surface area contributed by atoms with E-state index in [4.69, 9.17) is 9.56 Å². The number of rotatable bonds is 4. The summed E-state index contributed by atoms with van der Waals surface area (Å²) in [5.74, 6) is -0.387. The number of hydrogen-bond donors (Lipinski definition) is 3. The van der Waals surface area contributed by atoms with Crippen molar-refractivity contribution < 1.29 is 17.6 Å². The van der Waals surface area contributed by atoms with E-state index in [0.717, 1.165) is 0 Å². The maximum absolute atomic E-state index is 11.9. The number of benzene rings is 1. The first-order chi connectivity index (χ1) is 9.35. The van der Waals surface area contributed by atoms with E-state index in [1.807, 2.05) is 0 Å². The molecule has 0 aliphatic carbocycles. The maximum Gasteiger partial charge on any atom is 0.296 e. The van der Waals surface area contributed by atoms with Gasteiger partial charge in [-0.3, -0.25) is 9.52 Å². The van der Waals surface area contributed by atoms with Crippen LogP contribution in [0, 0.1) is 6.92 Å². The second-order valence-corrected chi connectivity index (χ2v) is 5.24. The first-order valence-corrected chi connectivity index (χ1v) is 7.02. The van der Waals surface area contributed by atoms with Crippen LogP contribution < -0.4 is 15.2 Å². The van der Waals surface area contributed by atoms with E-state index in [1.165, 1.54) is 18.5 Å². The molecule has 4 N–H and O–H groups in total. The average Bonchev–Trinajstić information content (AvgIpc) is 2.73. The molecule has 9 heteroatoms. The fraction of sp³-hybridized carbons (Fsp3) is 0.0909. The number of nitrogens with one attached hydrogen (secondary N) is 2. The maximum atomic E-state index is 11.9. The Kier molecular flexibility index (Phi) is 3.72. The molecular formula is C11H12N4O4S. The summed E-state index contributed by atoms with van der Waals surface area (Å²) in [6.45, 7) is 1.64. The molecule has 1 heterocycles. The number of anilines is 2. The predicted molar refractivity (Wildman–Crippen MR) is 72.4 cm³/mol. The molecule has 0 unspecified atom stereocenters. The summed E-state index contributed by atoms with van der Waals surface area (Å²) in [5, 5.41) is 7.43. The van der Waals surface area contributed by atoms with Crippen LogP contribution in [-0.2, 0) is 10.2 Å². The van der Waals surface area contributed by atoms with Gasteiger partial charge < -0.3 is 9.73 Å². The molecule has 1 aromatic carbocycles. The van der Waals surface area contributed by atoms with Gasteiger partial charge in [0.2, 0.25) is 5.76 Å². The summed E-state index contributed by atoms with van der Waals surface area (Å²) in [5.41, 5.74) is 1.08. The van der Waals surface area contributed by atoms with Crippen LogP contribution in [0.2, 0.25) is 0 Å². The third-order valence-corrected chi connectivity index (χ3v) is 2.85. The van der Waals surface area contributed by atoms with Crippen molar-refractivity contribution in [2.75, 3.05) is 10.0 Å². The number of carbonyl (C=O) groups excluding carboxylic acids is 1. The monoisotopic (exact) mass is 296 g/mol. The lowest BCUT2D eigenvalue weighted by atomic mass is 10.2. The molecule has 0 spiro atoms. The van der Waals surface area contributed by atoms with Crippen molar-refractivity contribution in [3.05, 3.63) is 42.1 Å². The van der Waals surface area contributed by atoms with Crippen LogP contribution in [0.3, 0.4) is 0 Å². The van der Waals surface area contributed by atoms with Crippen molar-refractivity contribution in [2.45, 2.75) is 6.92 Å². The molecule has 0 aliphatic rings. The minimum atomic E-state index is -3.86. The van der Waals surface area contributed by atoms with E-state index in [0.29, 0.717) is 11.4 Å². The summed E-state index contributed by atoms with van der Waals surface area (Å²) in [6.07, 6.45) is 1.17. The molecule has 8 nitrogen and oxygen atoms in total. The molecule has 0 fully saturated rings. The topological polar surface area (TPSA) is 127 Å². The molecule has 1 aromatic heterocycles. The van der Waals surface area contributed by atoms with Gasteiger partial charge in [0.25, 0.3) is 16.1 Å². The number of aryl methyl sites for hydroxylation is 1. The van der Waals surface area contributed by atoms with Crippen LogP contribution in [0.15, 0.2) is 35.1 Å². The van der Waals surface area contributed by atoms with Gasteiger partial charge in [-0.1, -0.05) is 6.07 Å². The molecule has 1 amide bonds. The first kappa shape index (κ1) is 14.0. The third kappa shape index (κ3) is 3.56. The molecule has 20 heavy (non-hydrogen) atoms. The highest BCUT2D eigenvalue weighted by atomic mass is 32.2. The summed E-state index contributed by atoms with van der Waals surface area (Å²) < 4.78 is 28.9. The fourth-order valence-electron chi connectivity index (χ4n) is 1.53. The Balaban J connectivity index is 2.16. The summed E-state index contributed by atoms with van der Waals surface area (Å²) in [7, 11) is -3.86. The number of oxazole rings is 1. The molecule has 2 aromatic rings. The molecular weight excluding hydrogens is 284 g/mol. The van der Waals surface area contributed by atoms with Crippen LogP contribution in [-0.4, -0.2) is 19.3 Å². The molecule has 0 aliphatic heterocycles. The summed E-state index contributed by atoms with van der Waals surface area (Å²) >= 11 is 0. The molecule has 2 rings (SSSR count). The fourth-order valence-corrected chi connectivity index (χ4v) is 1.99.